The molecule has 0 aliphatic rings. The quantitative estimate of drug-likeness (QED) is 0.208. The van der Waals surface area contributed by atoms with E-state index < -0.39 is 120 Å². The molecule has 5 nitrogen and oxygen atoms in total. The van der Waals surface area contributed by atoms with Crippen molar-refractivity contribution in [2.75, 3.05) is 0 Å². The Bertz CT molecular complexity index is 3420. The molecule has 0 saturated carbocycles. The molecule has 0 saturated heterocycles. The van der Waals surface area contributed by atoms with Crippen molar-refractivity contribution in [2.24, 2.45) is 0 Å². The van der Waals surface area contributed by atoms with Crippen molar-refractivity contribution in [3.8, 4) is 34.2 Å². The molecule has 0 amide bonds. The maximum atomic E-state index is 9.66. The van der Waals surface area contributed by atoms with Gasteiger partial charge in [0.25, 0.3) is 0 Å². The van der Waals surface area contributed by atoms with Gasteiger partial charge in [-0.2, -0.15) is 0 Å². The molecular weight excluding hydrogens is 538 g/mol. The number of hydrogen-bond donors (Lipinski definition) is 0. The predicted octanol–water partition coefficient (Wildman–Crippen LogP) is 9.40. The number of pyridine rings is 1. The van der Waals surface area contributed by atoms with Crippen molar-refractivity contribution >= 4 is 43.7 Å². The minimum atomic E-state index is -0.770. The van der Waals surface area contributed by atoms with Gasteiger partial charge in [0.2, 0.25) is 5.95 Å². The van der Waals surface area contributed by atoms with E-state index >= 15 is 0 Å². The van der Waals surface area contributed by atoms with Gasteiger partial charge in [0.05, 0.1) is 58.3 Å². The summed E-state index contributed by atoms with van der Waals surface area (Å²) in [5.41, 5.74) is -1.81. The number of hydrogen-bond acceptors (Lipinski definition) is 3. The topological polar surface area (TPSA) is 48.5 Å². The maximum Gasteiger partial charge on any atom is 0.235 e. The van der Waals surface area contributed by atoms with Crippen LogP contribution in [0.3, 0.4) is 0 Å². The van der Waals surface area contributed by atoms with E-state index in [9.17, 15) is 1.37 Å². The molecule has 9 rings (SSSR count). The first-order chi connectivity index (χ1) is 29.3. The zero-order chi connectivity index (χ0) is 44.7. The molecule has 4 heterocycles. The second kappa shape index (κ2) is 9.75. The summed E-state index contributed by atoms with van der Waals surface area (Å²) in [7, 11) is 0. The molecule has 0 bridgehead atoms. The molecular formula is C39H25N5. The van der Waals surface area contributed by atoms with Crippen molar-refractivity contribution < 1.29 is 24.7 Å². The number of fused-ring (bicyclic) bond motifs is 6. The third kappa shape index (κ3) is 3.69. The fourth-order valence-corrected chi connectivity index (χ4v) is 5.38. The van der Waals surface area contributed by atoms with Gasteiger partial charge < -0.3 is 0 Å². The van der Waals surface area contributed by atoms with Crippen LogP contribution in [0.4, 0.5) is 0 Å². The molecule has 44 heavy (non-hydrogen) atoms. The van der Waals surface area contributed by atoms with E-state index in [-0.39, 0.29) is 61.3 Å². The molecule has 0 atom stereocenters. The summed E-state index contributed by atoms with van der Waals surface area (Å²) in [5.74, 6) is -0.579. The molecule has 0 N–H and O–H groups in total. The Morgan fingerprint density at radius 2 is 1.11 bits per heavy atom. The lowest BCUT2D eigenvalue weighted by molar-refractivity contribution is 0.994. The van der Waals surface area contributed by atoms with E-state index in [1.54, 1.807) is 30.3 Å². The van der Waals surface area contributed by atoms with Gasteiger partial charge in [-0.15, -0.1) is 0 Å². The Labute approximate surface area is 278 Å². The van der Waals surface area contributed by atoms with Crippen LogP contribution in [0.1, 0.15) is 24.7 Å². The van der Waals surface area contributed by atoms with Gasteiger partial charge in [-0.3, -0.25) is 9.13 Å². The summed E-state index contributed by atoms with van der Waals surface area (Å²) in [6, 6.07) is -2.32. The van der Waals surface area contributed by atoms with Gasteiger partial charge in [-0.05, 0) is 42.4 Å². The van der Waals surface area contributed by atoms with Gasteiger partial charge in [-0.1, -0.05) is 103 Å². The lowest BCUT2D eigenvalue weighted by Gasteiger charge is -2.15. The number of rotatable bonds is 4. The third-order valence-corrected chi connectivity index (χ3v) is 7.19. The van der Waals surface area contributed by atoms with E-state index in [1.165, 1.54) is 16.8 Å². The molecule has 5 aromatic carbocycles. The summed E-state index contributed by atoms with van der Waals surface area (Å²) >= 11 is 0. The van der Waals surface area contributed by atoms with Crippen molar-refractivity contribution in [3.63, 3.8) is 0 Å². The average Bonchev–Trinajstić information content (AvgIpc) is 3.81. The van der Waals surface area contributed by atoms with Gasteiger partial charge in [0.1, 0.15) is 5.65 Å². The predicted molar refractivity (Wildman–Crippen MR) is 179 cm³/mol. The molecule has 0 spiro atoms. The summed E-state index contributed by atoms with van der Waals surface area (Å²) in [6.07, 6.45) is 1.46. The van der Waals surface area contributed by atoms with E-state index in [0.29, 0.717) is 5.39 Å². The van der Waals surface area contributed by atoms with Crippen molar-refractivity contribution in [2.45, 2.75) is 0 Å². The first-order valence-corrected chi connectivity index (χ1v) is 13.3. The fraction of sp³-hybridized carbons (Fsp3) is 0. The molecule has 0 aliphatic heterocycles. The largest absolute Gasteiger partial charge is 0.293 e. The molecule has 9 aromatic rings. The highest BCUT2D eigenvalue weighted by atomic mass is 15.2. The lowest BCUT2D eigenvalue weighted by Crippen LogP contribution is -2.05. The van der Waals surface area contributed by atoms with Crippen LogP contribution in [0.15, 0.2) is 151 Å². The zero-order valence-corrected chi connectivity index (χ0v) is 22.3. The van der Waals surface area contributed by atoms with E-state index in [1.807, 2.05) is 0 Å². The number of benzene rings is 5. The van der Waals surface area contributed by atoms with Gasteiger partial charge >= 0.3 is 0 Å². The maximum absolute atomic E-state index is 9.66. The number of nitrogens with zero attached hydrogens (tertiary/aromatic N) is 5. The first-order valence-electron chi connectivity index (χ1n) is 22.3. The molecule has 4 aromatic heterocycles. The molecule has 0 fully saturated rings. The van der Waals surface area contributed by atoms with Gasteiger partial charge in [0.15, 0.2) is 0 Å². The van der Waals surface area contributed by atoms with Crippen molar-refractivity contribution in [1.82, 2.24) is 24.1 Å². The smallest absolute Gasteiger partial charge is 0.235 e. The van der Waals surface area contributed by atoms with Crippen LogP contribution in [0.2, 0.25) is 0 Å². The Balaban J connectivity index is 1.52. The van der Waals surface area contributed by atoms with Crippen LogP contribution < -0.4 is 0 Å². The van der Waals surface area contributed by atoms with Gasteiger partial charge in [-0.25, -0.2) is 15.0 Å². The Morgan fingerprint density at radius 1 is 0.523 bits per heavy atom. The lowest BCUT2D eigenvalue weighted by atomic mass is 10.1. The minimum absolute atomic E-state index is 0.0122. The standard InChI is InChI=1S/C39H25N5/c1-2-13-26(14-3-1)32-25-33(42-39(41-32)44-35-21-9-4-15-27(35)28-16-5-10-22-36(28)44)31-18-7-11-23-37(31)43-34-20-8-6-17-29(34)30-19-12-24-40-38(30)43/h1-25H/i1D,2D,3D,4D,5D,6D,8D,9D,10D,13D,14D,15D,16D,17D,20D,21D,22D,25D. The molecule has 0 aliphatic carbocycles. The van der Waals surface area contributed by atoms with E-state index in [0.717, 1.165) is 4.57 Å². The van der Waals surface area contributed by atoms with Crippen LogP contribution >= 0.6 is 0 Å². The summed E-state index contributed by atoms with van der Waals surface area (Å²) < 4.78 is 160. The number of para-hydroxylation sites is 4. The monoisotopic (exact) mass is 581 g/mol. The number of aromatic nitrogens is 5. The van der Waals surface area contributed by atoms with Crippen LogP contribution in [0.5, 0.6) is 0 Å². The van der Waals surface area contributed by atoms with E-state index in [4.69, 9.17) is 28.3 Å². The third-order valence-electron chi connectivity index (χ3n) is 7.19. The highest BCUT2D eigenvalue weighted by Gasteiger charge is 2.20. The average molecular weight is 582 g/mol. The van der Waals surface area contributed by atoms with Gasteiger partial charge in [0, 0.05) is 38.9 Å². The second-order valence-corrected chi connectivity index (χ2v) is 9.58. The first kappa shape index (κ1) is 12.7. The SMILES string of the molecule is [2H]c1c(-c2ccccc2-n2c3ncccc3c3c([2H])c([2H])c([2H])c([2H])c32)nc(-n2c3c([2H])c([2H])c([2H])c([2H])c3c3c([2H])c([2H])c([2H])c([2H])c32)nc1-c1c([2H])c([2H])c([2H])c([2H])c1[2H]. The molecule has 0 radical (unpaired) electrons. The van der Waals surface area contributed by atoms with Crippen molar-refractivity contribution in [1.29, 1.82) is 0 Å². The second-order valence-electron chi connectivity index (χ2n) is 9.58. The Kier molecular flexibility index (Phi) is 2.80. The van der Waals surface area contributed by atoms with Crippen LogP contribution in [-0.2, 0) is 0 Å². The Hall–Kier alpha value is -6.07. The summed E-state index contributed by atoms with van der Waals surface area (Å²) in [4.78, 5) is 13.9. The summed E-state index contributed by atoms with van der Waals surface area (Å²) in [6.45, 7) is 0. The molecule has 206 valence electrons. The highest BCUT2D eigenvalue weighted by molar-refractivity contribution is 6.09. The van der Waals surface area contributed by atoms with Crippen LogP contribution in [-0.4, -0.2) is 24.1 Å². The van der Waals surface area contributed by atoms with Crippen molar-refractivity contribution in [3.05, 3.63) is 151 Å². The fourth-order valence-electron chi connectivity index (χ4n) is 5.38. The summed E-state index contributed by atoms with van der Waals surface area (Å²) in [5, 5.41) is -0.134. The normalized spacial score (nSPS) is 17.4. The molecule has 5 heteroatoms. The van der Waals surface area contributed by atoms with Crippen LogP contribution in [0, 0.1) is 0 Å². The Morgan fingerprint density at radius 3 is 1.84 bits per heavy atom. The molecule has 0 unspecified atom stereocenters. The van der Waals surface area contributed by atoms with E-state index in [2.05, 4.69) is 9.97 Å². The highest BCUT2D eigenvalue weighted by Crippen LogP contribution is 2.37. The van der Waals surface area contributed by atoms with Crippen LogP contribution in [0.25, 0.3) is 77.9 Å². The zero-order valence-electron chi connectivity index (χ0n) is 40.3. The minimum Gasteiger partial charge on any atom is -0.293 e.